The van der Waals surface area contributed by atoms with Gasteiger partial charge in [0.25, 0.3) is 0 Å². The number of nitrogens with one attached hydrogen (secondary N) is 1. The average molecular weight is 521 g/mol. The summed E-state index contributed by atoms with van der Waals surface area (Å²) in [5, 5.41) is 13.8. The standard InChI is InChI=1S/C27H29BrN4O2/c28-24-11-12-25(33)23(19-24)20-29-30-26(34)13-14-31-15-17-32(18-16-31)27(21-7-3-1-4-8-21)22-9-5-2-6-10-22/h1-12,19-20,27,33H,13-18H2,(H,30,34). The molecular weight excluding hydrogens is 492 g/mol. The van der Waals surface area contributed by atoms with Gasteiger partial charge in [-0.1, -0.05) is 76.6 Å². The molecule has 4 rings (SSSR count). The molecule has 0 spiro atoms. The number of halogens is 1. The number of hydrogen-bond acceptors (Lipinski definition) is 5. The minimum atomic E-state index is -0.139. The van der Waals surface area contributed by atoms with Gasteiger partial charge in [0, 0.05) is 49.2 Å². The second-order valence-corrected chi connectivity index (χ2v) is 9.26. The molecular formula is C27H29BrN4O2. The van der Waals surface area contributed by atoms with Crippen LogP contribution in [-0.4, -0.2) is 59.8 Å². The van der Waals surface area contributed by atoms with E-state index < -0.39 is 0 Å². The summed E-state index contributed by atoms with van der Waals surface area (Å²) in [5.74, 6) is -0.0250. The molecule has 0 aliphatic carbocycles. The molecule has 6 nitrogen and oxygen atoms in total. The highest BCUT2D eigenvalue weighted by Crippen LogP contribution is 2.29. The maximum absolute atomic E-state index is 12.2. The largest absolute Gasteiger partial charge is 0.507 e. The van der Waals surface area contributed by atoms with Crippen molar-refractivity contribution in [1.29, 1.82) is 0 Å². The Bertz CT molecular complexity index is 1060. The van der Waals surface area contributed by atoms with Crippen molar-refractivity contribution in [3.63, 3.8) is 0 Å². The van der Waals surface area contributed by atoms with Crippen LogP contribution in [0.25, 0.3) is 0 Å². The summed E-state index contributed by atoms with van der Waals surface area (Å²) >= 11 is 3.36. The van der Waals surface area contributed by atoms with Crippen molar-refractivity contribution in [1.82, 2.24) is 15.2 Å². The maximum Gasteiger partial charge on any atom is 0.241 e. The summed E-state index contributed by atoms with van der Waals surface area (Å²) in [6, 6.07) is 26.6. The number of hydrazone groups is 1. The lowest BCUT2D eigenvalue weighted by atomic mass is 9.96. The summed E-state index contributed by atoms with van der Waals surface area (Å²) in [7, 11) is 0. The zero-order valence-electron chi connectivity index (χ0n) is 19.0. The van der Waals surface area contributed by atoms with Crippen molar-refractivity contribution in [3.8, 4) is 5.75 Å². The van der Waals surface area contributed by atoms with E-state index in [1.807, 2.05) is 0 Å². The van der Waals surface area contributed by atoms with Gasteiger partial charge >= 0.3 is 0 Å². The summed E-state index contributed by atoms with van der Waals surface area (Å²) < 4.78 is 0.832. The van der Waals surface area contributed by atoms with E-state index in [1.165, 1.54) is 17.3 Å². The van der Waals surface area contributed by atoms with E-state index in [4.69, 9.17) is 0 Å². The highest BCUT2D eigenvalue weighted by Gasteiger charge is 2.26. The first-order valence-corrected chi connectivity index (χ1v) is 12.3. The molecule has 1 amide bonds. The fraction of sp³-hybridized carbons (Fsp3) is 0.259. The Morgan fingerprint density at radius 3 is 2.21 bits per heavy atom. The van der Waals surface area contributed by atoms with Crippen LogP contribution in [0.5, 0.6) is 5.75 Å². The number of phenols is 1. The predicted octanol–water partition coefficient (Wildman–Crippen LogP) is 4.40. The number of carbonyl (C=O) groups is 1. The molecule has 3 aromatic carbocycles. The van der Waals surface area contributed by atoms with Gasteiger partial charge in [-0.2, -0.15) is 5.10 Å². The van der Waals surface area contributed by atoms with Crippen molar-refractivity contribution in [2.45, 2.75) is 12.5 Å². The number of phenolic OH excluding ortho intramolecular Hbond substituents is 1. The molecule has 0 bridgehead atoms. The summed E-state index contributed by atoms with van der Waals surface area (Å²) in [4.78, 5) is 17.1. The van der Waals surface area contributed by atoms with Crippen LogP contribution in [0.2, 0.25) is 0 Å². The Hall–Kier alpha value is -3.00. The Labute approximate surface area is 209 Å². The van der Waals surface area contributed by atoms with E-state index >= 15 is 0 Å². The molecule has 0 atom stereocenters. The van der Waals surface area contributed by atoms with E-state index in [0.29, 0.717) is 18.5 Å². The van der Waals surface area contributed by atoms with Crippen LogP contribution in [-0.2, 0) is 4.79 Å². The first-order chi connectivity index (χ1) is 16.6. The molecule has 0 aromatic heterocycles. The normalized spacial score (nSPS) is 15.1. The van der Waals surface area contributed by atoms with Crippen molar-refractivity contribution < 1.29 is 9.90 Å². The molecule has 0 radical (unpaired) electrons. The lowest BCUT2D eigenvalue weighted by molar-refractivity contribution is -0.121. The molecule has 0 saturated carbocycles. The maximum atomic E-state index is 12.2. The Kier molecular flexibility index (Phi) is 8.46. The predicted molar refractivity (Wildman–Crippen MR) is 139 cm³/mol. The Morgan fingerprint density at radius 2 is 1.59 bits per heavy atom. The number of amides is 1. The zero-order chi connectivity index (χ0) is 23.8. The second-order valence-electron chi connectivity index (χ2n) is 8.35. The van der Waals surface area contributed by atoms with Crippen molar-refractivity contribution >= 4 is 28.1 Å². The van der Waals surface area contributed by atoms with Gasteiger partial charge in [0.2, 0.25) is 5.91 Å². The van der Waals surface area contributed by atoms with E-state index in [0.717, 1.165) is 30.7 Å². The van der Waals surface area contributed by atoms with Crippen molar-refractivity contribution in [3.05, 3.63) is 100 Å². The summed E-state index contributed by atoms with van der Waals surface area (Å²) in [6.45, 7) is 4.41. The van der Waals surface area contributed by atoms with Crippen LogP contribution in [0.4, 0.5) is 0 Å². The average Bonchev–Trinajstić information content (AvgIpc) is 2.87. The van der Waals surface area contributed by atoms with Crippen molar-refractivity contribution in [2.75, 3.05) is 32.7 Å². The first-order valence-electron chi connectivity index (χ1n) is 11.5. The van der Waals surface area contributed by atoms with Gasteiger partial charge in [-0.25, -0.2) is 5.43 Å². The quantitative estimate of drug-likeness (QED) is 0.341. The lowest BCUT2D eigenvalue weighted by Crippen LogP contribution is -2.48. The van der Waals surface area contributed by atoms with Gasteiger partial charge in [-0.15, -0.1) is 0 Å². The highest BCUT2D eigenvalue weighted by molar-refractivity contribution is 9.10. The van der Waals surface area contributed by atoms with Crippen LogP contribution < -0.4 is 5.43 Å². The first kappa shape index (κ1) is 24.1. The van der Waals surface area contributed by atoms with Gasteiger partial charge in [-0.05, 0) is 29.3 Å². The van der Waals surface area contributed by atoms with Crippen LogP contribution >= 0.6 is 15.9 Å². The molecule has 7 heteroatoms. The lowest BCUT2D eigenvalue weighted by Gasteiger charge is -2.39. The Balaban J connectivity index is 1.27. The number of piperazine rings is 1. The molecule has 1 aliphatic rings. The van der Waals surface area contributed by atoms with Crippen LogP contribution in [0.3, 0.4) is 0 Å². The molecule has 0 unspecified atom stereocenters. The van der Waals surface area contributed by atoms with E-state index in [2.05, 4.69) is 96.9 Å². The van der Waals surface area contributed by atoms with Crippen LogP contribution in [0.15, 0.2) is 88.4 Å². The van der Waals surface area contributed by atoms with Crippen LogP contribution in [0.1, 0.15) is 29.2 Å². The molecule has 176 valence electrons. The third kappa shape index (κ3) is 6.53. The van der Waals surface area contributed by atoms with Gasteiger partial charge in [-0.3, -0.25) is 9.69 Å². The molecule has 1 aliphatic heterocycles. The van der Waals surface area contributed by atoms with Gasteiger partial charge in [0.15, 0.2) is 0 Å². The molecule has 3 aromatic rings. The number of benzene rings is 3. The number of carbonyl (C=O) groups excluding carboxylic acids is 1. The molecule has 34 heavy (non-hydrogen) atoms. The van der Waals surface area contributed by atoms with E-state index in [9.17, 15) is 9.90 Å². The zero-order valence-corrected chi connectivity index (χ0v) is 20.6. The third-order valence-electron chi connectivity index (χ3n) is 6.04. The molecule has 1 heterocycles. The number of aromatic hydroxyl groups is 1. The minimum absolute atomic E-state index is 0.114. The summed E-state index contributed by atoms with van der Waals surface area (Å²) in [6.07, 6.45) is 1.83. The molecule has 1 saturated heterocycles. The third-order valence-corrected chi connectivity index (χ3v) is 6.53. The monoisotopic (exact) mass is 520 g/mol. The smallest absolute Gasteiger partial charge is 0.241 e. The topological polar surface area (TPSA) is 68.2 Å². The second kappa shape index (κ2) is 11.9. The van der Waals surface area contributed by atoms with E-state index in [1.54, 1.807) is 18.2 Å². The fourth-order valence-electron chi connectivity index (χ4n) is 4.25. The van der Waals surface area contributed by atoms with E-state index in [-0.39, 0.29) is 17.7 Å². The number of hydrogen-bond donors (Lipinski definition) is 2. The van der Waals surface area contributed by atoms with Gasteiger partial charge in [0.1, 0.15) is 5.75 Å². The summed E-state index contributed by atoms with van der Waals surface area (Å²) in [5.41, 5.74) is 5.70. The van der Waals surface area contributed by atoms with Crippen LogP contribution in [0, 0.1) is 0 Å². The number of rotatable bonds is 8. The molecule has 2 N–H and O–H groups in total. The fourth-order valence-corrected chi connectivity index (χ4v) is 4.63. The highest BCUT2D eigenvalue weighted by atomic mass is 79.9. The minimum Gasteiger partial charge on any atom is -0.507 e. The number of nitrogens with zero attached hydrogens (tertiary/aromatic N) is 3. The van der Waals surface area contributed by atoms with Gasteiger partial charge < -0.3 is 10.0 Å². The van der Waals surface area contributed by atoms with Crippen molar-refractivity contribution in [2.24, 2.45) is 5.10 Å². The molecule has 1 fully saturated rings. The van der Waals surface area contributed by atoms with Gasteiger partial charge in [0.05, 0.1) is 12.3 Å². The Morgan fingerprint density at radius 1 is 0.971 bits per heavy atom. The SMILES string of the molecule is O=C(CCN1CCN(C(c2ccccc2)c2ccccc2)CC1)NN=Cc1cc(Br)ccc1O.